The second kappa shape index (κ2) is 3.87. The van der Waals surface area contributed by atoms with Crippen molar-refractivity contribution in [2.45, 2.75) is 13.3 Å². The lowest BCUT2D eigenvalue weighted by Gasteiger charge is -2.03. The molecule has 0 aromatic heterocycles. The van der Waals surface area contributed by atoms with Crippen LogP contribution in [-0.2, 0) is 6.42 Å². The van der Waals surface area contributed by atoms with Crippen molar-refractivity contribution >= 4 is 11.7 Å². The molecule has 0 saturated carbocycles. The van der Waals surface area contributed by atoms with Gasteiger partial charge in [-0.1, -0.05) is 13.0 Å². The second-order valence-corrected chi connectivity index (χ2v) is 2.72. The molecule has 0 fully saturated rings. The molecule has 1 rings (SSSR count). The smallest absolute Gasteiger partial charge is 0.336 e. The molecular weight excluding hydrogens is 186 g/mol. The van der Waals surface area contributed by atoms with Crippen LogP contribution in [0.25, 0.3) is 0 Å². The molecule has 0 aliphatic heterocycles. The molecule has 0 radical (unpaired) electrons. The maximum absolute atomic E-state index is 10.7. The normalized spacial score (nSPS) is 9.79. The molecule has 0 aliphatic rings. The first kappa shape index (κ1) is 10.2. The summed E-state index contributed by atoms with van der Waals surface area (Å²) in [5, 5.41) is 19.3. The van der Waals surface area contributed by atoms with Crippen LogP contribution in [0.4, 0.5) is 5.69 Å². The number of nitro groups is 1. The van der Waals surface area contributed by atoms with Crippen LogP contribution in [0.5, 0.6) is 0 Å². The first-order valence-electron chi connectivity index (χ1n) is 4.07. The number of nitrogens with zero attached hydrogens (tertiary/aromatic N) is 1. The molecule has 1 N–H and O–H groups in total. The number of benzene rings is 1. The van der Waals surface area contributed by atoms with Crippen molar-refractivity contribution in [1.82, 2.24) is 0 Å². The van der Waals surface area contributed by atoms with Crippen molar-refractivity contribution < 1.29 is 14.8 Å². The molecule has 1 aromatic carbocycles. The summed E-state index contributed by atoms with van der Waals surface area (Å²) in [6.07, 6.45) is 0.332. The summed E-state index contributed by atoms with van der Waals surface area (Å²) >= 11 is 0. The zero-order valence-corrected chi connectivity index (χ0v) is 7.56. The van der Waals surface area contributed by atoms with Crippen molar-refractivity contribution in [3.63, 3.8) is 0 Å². The molecule has 1 aromatic rings. The summed E-state index contributed by atoms with van der Waals surface area (Å²) in [6, 6.07) is 4.06. The topological polar surface area (TPSA) is 80.4 Å². The maximum Gasteiger partial charge on any atom is 0.336 e. The van der Waals surface area contributed by atoms with Gasteiger partial charge in [0.25, 0.3) is 5.69 Å². The number of aromatic carboxylic acids is 1. The van der Waals surface area contributed by atoms with Gasteiger partial charge in [0, 0.05) is 11.6 Å². The summed E-state index contributed by atoms with van der Waals surface area (Å²) in [5.74, 6) is -1.13. The predicted octanol–water partition coefficient (Wildman–Crippen LogP) is 1.86. The van der Waals surface area contributed by atoms with E-state index < -0.39 is 10.9 Å². The number of carboxylic acid groups (broad SMARTS) is 1. The summed E-state index contributed by atoms with van der Waals surface area (Å²) in [4.78, 5) is 20.7. The van der Waals surface area contributed by atoms with E-state index in [1.165, 1.54) is 18.2 Å². The Kier molecular flexibility index (Phi) is 2.81. The maximum atomic E-state index is 10.7. The Morgan fingerprint density at radius 3 is 2.64 bits per heavy atom. The lowest BCUT2D eigenvalue weighted by atomic mass is 10.0. The third kappa shape index (κ3) is 1.71. The first-order valence-corrected chi connectivity index (χ1v) is 4.07. The van der Waals surface area contributed by atoms with Gasteiger partial charge in [-0.15, -0.1) is 0 Å². The van der Waals surface area contributed by atoms with Crippen LogP contribution in [0.15, 0.2) is 18.2 Å². The van der Waals surface area contributed by atoms with E-state index in [0.29, 0.717) is 6.42 Å². The first-order chi connectivity index (χ1) is 6.57. The highest BCUT2D eigenvalue weighted by Gasteiger charge is 2.18. The highest BCUT2D eigenvalue weighted by atomic mass is 16.6. The van der Waals surface area contributed by atoms with Crippen LogP contribution in [0.3, 0.4) is 0 Å². The number of rotatable bonds is 3. The zero-order valence-electron chi connectivity index (χ0n) is 7.56. The molecule has 5 heteroatoms. The average Bonchev–Trinajstić information content (AvgIpc) is 2.16. The standard InChI is InChI=1S/C9H9NO4/c1-2-6-7(9(11)12)4-3-5-8(6)10(13)14/h3-5H,2H2,1H3,(H,11,12). The number of carboxylic acids is 1. The van der Waals surface area contributed by atoms with Gasteiger partial charge < -0.3 is 5.11 Å². The largest absolute Gasteiger partial charge is 0.478 e. The molecule has 0 bridgehead atoms. The van der Waals surface area contributed by atoms with E-state index >= 15 is 0 Å². The molecule has 74 valence electrons. The quantitative estimate of drug-likeness (QED) is 0.589. The Hall–Kier alpha value is -1.91. The fourth-order valence-corrected chi connectivity index (χ4v) is 1.32. The summed E-state index contributed by atoms with van der Waals surface area (Å²) in [7, 11) is 0. The second-order valence-electron chi connectivity index (χ2n) is 2.72. The lowest BCUT2D eigenvalue weighted by molar-refractivity contribution is -0.385. The molecule has 0 heterocycles. The fourth-order valence-electron chi connectivity index (χ4n) is 1.32. The fraction of sp³-hybridized carbons (Fsp3) is 0.222. The monoisotopic (exact) mass is 195 g/mol. The SMILES string of the molecule is CCc1c(C(=O)O)cccc1[N+](=O)[O-]. The third-order valence-corrected chi connectivity index (χ3v) is 1.93. The van der Waals surface area contributed by atoms with Gasteiger partial charge in [-0.25, -0.2) is 4.79 Å². The number of hydrogen-bond donors (Lipinski definition) is 1. The molecule has 0 unspecified atom stereocenters. The Morgan fingerprint density at radius 2 is 2.21 bits per heavy atom. The van der Waals surface area contributed by atoms with Crippen molar-refractivity contribution in [3.05, 3.63) is 39.4 Å². The average molecular weight is 195 g/mol. The minimum Gasteiger partial charge on any atom is -0.478 e. The Bertz CT molecular complexity index is 354. The highest BCUT2D eigenvalue weighted by Crippen LogP contribution is 2.22. The zero-order chi connectivity index (χ0) is 10.7. The van der Waals surface area contributed by atoms with E-state index in [1.54, 1.807) is 6.92 Å². The van der Waals surface area contributed by atoms with Crippen LogP contribution in [0.2, 0.25) is 0 Å². The molecule has 14 heavy (non-hydrogen) atoms. The van der Waals surface area contributed by atoms with E-state index in [-0.39, 0.29) is 16.8 Å². The molecular formula is C9H9NO4. The molecule has 0 spiro atoms. The van der Waals surface area contributed by atoms with Crippen LogP contribution in [-0.4, -0.2) is 16.0 Å². The van der Waals surface area contributed by atoms with Gasteiger partial charge in [0.15, 0.2) is 0 Å². The minimum atomic E-state index is -1.13. The molecule has 5 nitrogen and oxygen atoms in total. The van der Waals surface area contributed by atoms with E-state index in [1.807, 2.05) is 0 Å². The van der Waals surface area contributed by atoms with Crippen molar-refractivity contribution in [3.8, 4) is 0 Å². The van der Waals surface area contributed by atoms with Gasteiger partial charge in [0.1, 0.15) is 0 Å². The Labute approximate surface area is 80.1 Å². The van der Waals surface area contributed by atoms with Crippen LogP contribution in [0.1, 0.15) is 22.8 Å². The number of hydrogen-bond acceptors (Lipinski definition) is 3. The van der Waals surface area contributed by atoms with E-state index in [0.717, 1.165) is 0 Å². The number of carbonyl (C=O) groups is 1. The van der Waals surface area contributed by atoms with Crippen molar-refractivity contribution in [2.24, 2.45) is 0 Å². The molecule has 0 atom stereocenters. The van der Waals surface area contributed by atoms with Gasteiger partial charge in [0.05, 0.1) is 10.5 Å². The lowest BCUT2D eigenvalue weighted by Crippen LogP contribution is -2.04. The Balaban J connectivity index is 3.39. The van der Waals surface area contributed by atoms with E-state index in [2.05, 4.69) is 0 Å². The molecule has 0 amide bonds. The Morgan fingerprint density at radius 1 is 1.57 bits per heavy atom. The minimum absolute atomic E-state index is 0.00157. The van der Waals surface area contributed by atoms with Crippen LogP contribution in [0, 0.1) is 10.1 Å². The van der Waals surface area contributed by atoms with Gasteiger partial charge in [-0.3, -0.25) is 10.1 Å². The van der Waals surface area contributed by atoms with E-state index in [4.69, 9.17) is 5.11 Å². The van der Waals surface area contributed by atoms with Crippen molar-refractivity contribution in [2.75, 3.05) is 0 Å². The summed E-state index contributed by atoms with van der Waals surface area (Å²) in [5.41, 5.74) is 0.138. The molecule has 0 saturated heterocycles. The van der Waals surface area contributed by atoms with Gasteiger partial charge in [-0.05, 0) is 12.5 Å². The summed E-state index contributed by atoms with van der Waals surface area (Å²) in [6.45, 7) is 1.69. The van der Waals surface area contributed by atoms with Crippen molar-refractivity contribution in [1.29, 1.82) is 0 Å². The van der Waals surface area contributed by atoms with E-state index in [9.17, 15) is 14.9 Å². The number of nitro benzene ring substituents is 1. The summed E-state index contributed by atoms with van der Waals surface area (Å²) < 4.78 is 0. The van der Waals surface area contributed by atoms with Crippen LogP contribution < -0.4 is 0 Å². The predicted molar refractivity (Wildman–Crippen MR) is 49.4 cm³/mol. The van der Waals surface area contributed by atoms with Crippen LogP contribution >= 0.6 is 0 Å². The van der Waals surface area contributed by atoms with Gasteiger partial charge in [0.2, 0.25) is 0 Å². The third-order valence-electron chi connectivity index (χ3n) is 1.93. The van der Waals surface area contributed by atoms with Gasteiger partial charge >= 0.3 is 5.97 Å². The van der Waals surface area contributed by atoms with Gasteiger partial charge in [-0.2, -0.15) is 0 Å². The molecule has 0 aliphatic carbocycles. The highest BCUT2D eigenvalue weighted by molar-refractivity contribution is 5.90.